The van der Waals surface area contributed by atoms with E-state index in [1.54, 1.807) is 19.2 Å². The van der Waals surface area contributed by atoms with Gasteiger partial charge in [0, 0.05) is 13.6 Å². The number of rotatable bonds is 4. The number of benzene rings is 1. The molecule has 0 aliphatic heterocycles. The molecule has 0 unspecified atom stereocenters. The second-order valence-electron chi connectivity index (χ2n) is 4.41. The minimum Gasteiger partial charge on any atom is -0.467 e. The first-order chi connectivity index (χ1) is 9.66. The van der Waals surface area contributed by atoms with Gasteiger partial charge in [-0.3, -0.25) is 9.59 Å². The molecule has 1 aromatic heterocycles. The highest BCUT2D eigenvalue weighted by atomic mass is 16.3. The van der Waals surface area contributed by atoms with E-state index in [0.29, 0.717) is 12.3 Å². The van der Waals surface area contributed by atoms with E-state index < -0.39 is 11.8 Å². The highest BCUT2D eigenvalue weighted by Gasteiger charge is 2.18. The fourth-order valence-electron chi connectivity index (χ4n) is 1.76. The molecule has 1 heterocycles. The lowest BCUT2D eigenvalue weighted by Gasteiger charge is -2.16. The first kappa shape index (κ1) is 13.9. The zero-order valence-electron chi connectivity index (χ0n) is 11.2. The maximum atomic E-state index is 11.9. The number of likely N-dealkylation sites (N-methyl/N-ethyl adjacent to an activating group) is 1. The van der Waals surface area contributed by atoms with Gasteiger partial charge in [0.25, 0.3) is 0 Å². The second kappa shape index (κ2) is 6.56. The van der Waals surface area contributed by atoms with Crippen molar-refractivity contribution in [2.75, 3.05) is 7.05 Å². The molecule has 1 N–H and O–H groups in total. The van der Waals surface area contributed by atoms with Crippen molar-refractivity contribution in [3.8, 4) is 0 Å². The molecule has 5 heteroatoms. The van der Waals surface area contributed by atoms with Crippen molar-refractivity contribution in [2.24, 2.45) is 0 Å². The normalized spacial score (nSPS) is 10.1. The average molecular weight is 272 g/mol. The summed E-state index contributed by atoms with van der Waals surface area (Å²) in [7, 11) is 1.60. The molecule has 5 nitrogen and oxygen atoms in total. The molecule has 2 aromatic rings. The van der Waals surface area contributed by atoms with E-state index in [1.165, 1.54) is 11.2 Å². The molecular formula is C15H16N2O3. The largest absolute Gasteiger partial charge is 0.467 e. The molecule has 0 aliphatic rings. The topological polar surface area (TPSA) is 62.6 Å². The van der Waals surface area contributed by atoms with E-state index in [2.05, 4.69) is 5.32 Å². The molecule has 1 aromatic carbocycles. The van der Waals surface area contributed by atoms with Crippen molar-refractivity contribution in [3.05, 3.63) is 60.1 Å². The predicted octanol–water partition coefficient (Wildman–Crippen LogP) is 1.55. The molecule has 2 amide bonds. The molecule has 0 spiro atoms. The standard InChI is InChI=1S/C15H16N2O3/c1-17(11-12-6-3-2-4-7-12)15(19)14(18)16-10-13-8-5-9-20-13/h2-9H,10-11H2,1H3,(H,16,18). The molecule has 0 radical (unpaired) electrons. The van der Waals surface area contributed by atoms with Crippen molar-refractivity contribution in [3.63, 3.8) is 0 Å². The number of nitrogens with zero attached hydrogens (tertiary/aromatic N) is 1. The third-order valence-corrected chi connectivity index (χ3v) is 2.81. The first-order valence-electron chi connectivity index (χ1n) is 6.26. The average Bonchev–Trinajstić information content (AvgIpc) is 2.98. The molecule has 0 saturated heterocycles. The molecule has 20 heavy (non-hydrogen) atoms. The van der Waals surface area contributed by atoms with Crippen LogP contribution in [0.4, 0.5) is 0 Å². The van der Waals surface area contributed by atoms with Gasteiger partial charge in [-0.1, -0.05) is 30.3 Å². The van der Waals surface area contributed by atoms with E-state index in [9.17, 15) is 9.59 Å². The van der Waals surface area contributed by atoms with Crippen molar-refractivity contribution in [2.45, 2.75) is 13.1 Å². The molecule has 0 atom stereocenters. The van der Waals surface area contributed by atoms with Crippen LogP contribution in [-0.4, -0.2) is 23.8 Å². The monoisotopic (exact) mass is 272 g/mol. The van der Waals surface area contributed by atoms with Crippen LogP contribution >= 0.6 is 0 Å². The highest BCUT2D eigenvalue weighted by Crippen LogP contribution is 2.03. The van der Waals surface area contributed by atoms with Gasteiger partial charge >= 0.3 is 11.8 Å². The Labute approximate surface area is 117 Å². The Morgan fingerprint density at radius 2 is 1.90 bits per heavy atom. The second-order valence-corrected chi connectivity index (χ2v) is 4.41. The Hall–Kier alpha value is -2.56. The van der Waals surface area contributed by atoms with Crippen LogP contribution in [0.1, 0.15) is 11.3 Å². The lowest BCUT2D eigenvalue weighted by Crippen LogP contribution is -2.40. The van der Waals surface area contributed by atoms with Crippen LogP contribution < -0.4 is 5.32 Å². The number of hydrogen-bond acceptors (Lipinski definition) is 3. The van der Waals surface area contributed by atoms with Crippen molar-refractivity contribution in [1.82, 2.24) is 10.2 Å². The summed E-state index contributed by atoms with van der Waals surface area (Å²) in [6, 6.07) is 13.0. The van der Waals surface area contributed by atoms with E-state index in [4.69, 9.17) is 4.42 Å². The molecule has 0 fully saturated rings. The van der Waals surface area contributed by atoms with E-state index in [-0.39, 0.29) is 6.54 Å². The van der Waals surface area contributed by atoms with Crippen LogP contribution in [0.2, 0.25) is 0 Å². The number of hydrogen-bond donors (Lipinski definition) is 1. The lowest BCUT2D eigenvalue weighted by molar-refractivity contribution is -0.145. The summed E-state index contributed by atoms with van der Waals surface area (Å²) >= 11 is 0. The van der Waals surface area contributed by atoms with Crippen LogP contribution in [0.15, 0.2) is 53.1 Å². The van der Waals surface area contributed by atoms with Gasteiger partial charge in [0.05, 0.1) is 12.8 Å². The molecule has 0 aliphatic carbocycles. The molecule has 104 valence electrons. The fraction of sp³-hybridized carbons (Fsp3) is 0.200. The summed E-state index contributed by atoms with van der Waals surface area (Å²) in [5.74, 6) is -0.600. The molecule has 2 rings (SSSR count). The molecule has 0 saturated carbocycles. The number of amides is 2. The Morgan fingerprint density at radius 1 is 1.15 bits per heavy atom. The SMILES string of the molecule is CN(Cc1ccccc1)C(=O)C(=O)NCc1ccco1. The van der Waals surface area contributed by atoms with Crippen LogP contribution in [0.25, 0.3) is 0 Å². The van der Waals surface area contributed by atoms with Gasteiger partial charge in [-0.2, -0.15) is 0 Å². The van der Waals surface area contributed by atoms with Gasteiger partial charge in [0.1, 0.15) is 5.76 Å². The van der Waals surface area contributed by atoms with Crippen LogP contribution in [0.3, 0.4) is 0 Å². The fourth-order valence-corrected chi connectivity index (χ4v) is 1.76. The van der Waals surface area contributed by atoms with Crippen LogP contribution in [0, 0.1) is 0 Å². The van der Waals surface area contributed by atoms with Gasteiger partial charge in [-0.15, -0.1) is 0 Å². The predicted molar refractivity (Wildman–Crippen MR) is 73.5 cm³/mol. The summed E-state index contributed by atoms with van der Waals surface area (Å²) in [5.41, 5.74) is 0.974. The Kier molecular flexibility index (Phi) is 4.55. The number of nitrogens with one attached hydrogen (secondary N) is 1. The van der Waals surface area contributed by atoms with Crippen LogP contribution in [0.5, 0.6) is 0 Å². The Morgan fingerprint density at radius 3 is 2.55 bits per heavy atom. The Bertz CT molecular complexity index is 564. The van der Waals surface area contributed by atoms with Gasteiger partial charge in [0.15, 0.2) is 0 Å². The van der Waals surface area contributed by atoms with Crippen LogP contribution in [-0.2, 0) is 22.7 Å². The smallest absolute Gasteiger partial charge is 0.311 e. The lowest BCUT2D eigenvalue weighted by atomic mass is 10.2. The maximum Gasteiger partial charge on any atom is 0.311 e. The summed E-state index contributed by atoms with van der Waals surface area (Å²) < 4.78 is 5.08. The minimum atomic E-state index is -0.639. The molecular weight excluding hydrogens is 256 g/mol. The number of carbonyl (C=O) groups is 2. The highest BCUT2D eigenvalue weighted by molar-refractivity contribution is 6.34. The van der Waals surface area contributed by atoms with Crippen molar-refractivity contribution < 1.29 is 14.0 Å². The first-order valence-corrected chi connectivity index (χ1v) is 6.26. The van der Waals surface area contributed by atoms with Gasteiger partial charge in [0.2, 0.25) is 0 Å². The number of carbonyl (C=O) groups excluding carboxylic acids is 2. The zero-order valence-corrected chi connectivity index (χ0v) is 11.2. The Balaban J connectivity index is 1.85. The minimum absolute atomic E-state index is 0.205. The zero-order chi connectivity index (χ0) is 14.4. The van der Waals surface area contributed by atoms with Gasteiger partial charge in [-0.05, 0) is 17.7 Å². The third-order valence-electron chi connectivity index (χ3n) is 2.81. The van der Waals surface area contributed by atoms with Gasteiger partial charge in [-0.25, -0.2) is 0 Å². The molecule has 0 bridgehead atoms. The van der Waals surface area contributed by atoms with E-state index in [0.717, 1.165) is 5.56 Å². The van der Waals surface area contributed by atoms with E-state index >= 15 is 0 Å². The summed E-state index contributed by atoms with van der Waals surface area (Å²) in [6.07, 6.45) is 1.52. The summed E-state index contributed by atoms with van der Waals surface area (Å²) in [4.78, 5) is 25.0. The maximum absolute atomic E-state index is 11.9. The summed E-state index contributed by atoms with van der Waals surface area (Å²) in [6.45, 7) is 0.602. The van der Waals surface area contributed by atoms with Crippen molar-refractivity contribution >= 4 is 11.8 Å². The van der Waals surface area contributed by atoms with Crippen molar-refractivity contribution in [1.29, 1.82) is 0 Å². The quantitative estimate of drug-likeness (QED) is 0.859. The summed E-state index contributed by atoms with van der Waals surface area (Å²) in [5, 5.41) is 2.53. The van der Waals surface area contributed by atoms with Gasteiger partial charge < -0.3 is 14.6 Å². The van der Waals surface area contributed by atoms with E-state index in [1.807, 2.05) is 30.3 Å². The number of furan rings is 1. The third kappa shape index (κ3) is 3.71.